The molecule has 5 heteroatoms. The third-order valence-electron chi connectivity index (χ3n) is 0.155. The van der Waals surface area contributed by atoms with E-state index < -0.39 is 10.5 Å². The molecule has 0 aromatic carbocycles. The second-order valence-electron chi connectivity index (χ2n) is 0.956. The second-order valence-corrected chi connectivity index (χ2v) is 2.46. The third kappa shape index (κ3) is 17.8. The average Bonchev–Trinajstić information content (AvgIpc) is 1.68. The van der Waals surface area contributed by atoms with Gasteiger partial charge < -0.3 is 0 Å². The molecule has 54 valence electrons. The Kier molecular flexibility index (Phi) is 11.0. The Bertz CT molecular complexity index is 92.7. The molecule has 0 bridgehead atoms. The highest BCUT2D eigenvalue weighted by Crippen LogP contribution is 1.84. The van der Waals surface area contributed by atoms with Crippen LogP contribution in [-0.2, 0) is 9.59 Å². The standard InChI is InChI=1S/C2Cl2O2.C2H6S/c3-1(5)2(4)6;1-3-2/h;1-2H3. The van der Waals surface area contributed by atoms with Crippen molar-refractivity contribution in [3.05, 3.63) is 0 Å². The highest BCUT2D eigenvalue weighted by Gasteiger charge is 2.01. The van der Waals surface area contributed by atoms with Crippen molar-refractivity contribution in [1.82, 2.24) is 0 Å². The fourth-order valence-corrected chi connectivity index (χ4v) is 0. The summed E-state index contributed by atoms with van der Waals surface area (Å²) in [4.78, 5) is 18.9. The summed E-state index contributed by atoms with van der Waals surface area (Å²) in [6.45, 7) is 0. The Balaban J connectivity index is 0. The lowest BCUT2D eigenvalue weighted by molar-refractivity contribution is -0.127. The van der Waals surface area contributed by atoms with Crippen LogP contribution in [-0.4, -0.2) is 23.0 Å². The van der Waals surface area contributed by atoms with Gasteiger partial charge in [-0.05, 0) is 35.7 Å². The fraction of sp³-hybridized carbons (Fsp3) is 0.500. The van der Waals surface area contributed by atoms with Gasteiger partial charge in [-0.15, -0.1) is 0 Å². The van der Waals surface area contributed by atoms with Crippen molar-refractivity contribution in [1.29, 1.82) is 0 Å². The van der Waals surface area contributed by atoms with Gasteiger partial charge in [0.25, 0.3) is 0 Å². The highest BCUT2D eigenvalue weighted by atomic mass is 35.5. The van der Waals surface area contributed by atoms with Crippen molar-refractivity contribution in [2.75, 3.05) is 12.5 Å². The van der Waals surface area contributed by atoms with E-state index in [0.717, 1.165) is 0 Å². The van der Waals surface area contributed by atoms with E-state index in [2.05, 4.69) is 23.2 Å². The van der Waals surface area contributed by atoms with Crippen LogP contribution in [0.15, 0.2) is 0 Å². The molecule has 0 unspecified atom stereocenters. The lowest BCUT2D eigenvalue weighted by Gasteiger charge is -1.67. The molecule has 0 radical (unpaired) electrons. The first-order chi connectivity index (χ1) is 4.06. The molecule has 0 aliphatic heterocycles. The smallest absolute Gasteiger partial charge is 0.271 e. The Morgan fingerprint density at radius 3 is 1.22 bits per heavy atom. The van der Waals surface area contributed by atoms with Gasteiger partial charge in [0.2, 0.25) is 0 Å². The maximum Gasteiger partial charge on any atom is 0.304 e. The molecule has 0 rings (SSSR count). The summed E-state index contributed by atoms with van der Waals surface area (Å²) in [5.41, 5.74) is 0. The summed E-state index contributed by atoms with van der Waals surface area (Å²) in [5, 5.41) is -2.28. The number of rotatable bonds is 1. The Hall–Kier alpha value is 0.270. The lowest BCUT2D eigenvalue weighted by atomic mass is 10.9. The molecule has 0 saturated heterocycles. The molecule has 0 saturated carbocycles. The number of halogens is 2. The molecule has 0 aromatic rings. The predicted molar refractivity (Wildman–Crippen MR) is 41.2 cm³/mol. The highest BCUT2D eigenvalue weighted by molar-refractivity contribution is 7.97. The van der Waals surface area contributed by atoms with Crippen LogP contribution in [0.25, 0.3) is 0 Å². The zero-order valence-electron chi connectivity index (χ0n) is 4.98. The summed E-state index contributed by atoms with van der Waals surface area (Å²) in [5.74, 6) is 0. The van der Waals surface area contributed by atoms with E-state index in [1.807, 2.05) is 12.5 Å². The van der Waals surface area contributed by atoms with Crippen molar-refractivity contribution in [2.45, 2.75) is 0 Å². The number of hydrogen-bond acceptors (Lipinski definition) is 3. The van der Waals surface area contributed by atoms with E-state index >= 15 is 0 Å². The van der Waals surface area contributed by atoms with Crippen molar-refractivity contribution in [3.8, 4) is 0 Å². The zero-order valence-corrected chi connectivity index (χ0v) is 7.31. The van der Waals surface area contributed by atoms with E-state index in [1.54, 1.807) is 11.8 Å². The Morgan fingerprint density at radius 1 is 1.11 bits per heavy atom. The Morgan fingerprint density at radius 2 is 1.22 bits per heavy atom. The fourth-order valence-electron chi connectivity index (χ4n) is 0. The van der Waals surface area contributed by atoms with Crippen molar-refractivity contribution >= 4 is 45.4 Å². The summed E-state index contributed by atoms with van der Waals surface area (Å²) in [6.07, 6.45) is 4.08. The van der Waals surface area contributed by atoms with E-state index in [4.69, 9.17) is 0 Å². The summed E-state index contributed by atoms with van der Waals surface area (Å²) in [6, 6.07) is 0. The molecule has 9 heavy (non-hydrogen) atoms. The van der Waals surface area contributed by atoms with Gasteiger partial charge in [-0.25, -0.2) is 0 Å². The first-order valence-corrected chi connectivity index (χ1v) is 4.24. The van der Waals surface area contributed by atoms with E-state index in [0.29, 0.717) is 0 Å². The van der Waals surface area contributed by atoms with Gasteiger partial charge in [-0.3, -0.25) is 9.59 Å². The molecule has 0 amide bonds. The topological polar surface area (TPSA) is 34.1 Å². The largest absolute Gasteiger partial charge is 0.304 e. The first-order valence-electron chi connectivity index (χ1n) is 1.85. The SMILES string of the molecule is CSC.O=C(Cl)C(=O)Cl. The van der Waals surface area contributed by atoms with Gasteiger partial charge in [-0.1, -0.05) is 0 Å². The van der Waals surface area contributed by atoms with Crippen LogP contribution in [0, 0.1) is 0 Å². The van der Waals surface area contributed by atoms with E-state index in [9.17, 15) is 9.59 Å². The molecule has 0 spiro atoms. The van der Waals surface area contributed by atoms with E-state index in [-0.39, 0.29) is 0 Å². The van der Waals surface area contributed by atoms with Gasteiger partial charge in [-0.2, -0.15) is 11.8 Å². The molecule has 0 fully saturated rings. The molecule has 0 aromatic heterocycles. The molecule has 0 aliphatic carbocycles. The normalized spacial score (nSPS) is 7.11. The van der Waals surface area contributed by atoms with Crippen LogP contribution in [0.3, 0.4) is 0 Å². The van der Waals surface area contributed by atoms with Gasteiger partial charge in [0, 0.05) is 0 Å². The molecule has 0 aliphatic rings. The maximum absolute atomic E-state index is 9.43. The van der Waals surface area contributed by atoms with Gasteiger partial charge >= 0.3 is 10.5 Å². The molecule has 0 N–H and O–H groups in total. The minimum absolute atomic E-state index is 1.14. The van der Waals surface area contributed by atoms with E-state index in [1.165, 1.54) is 0 Å². The van der Waals surface area contributed by atoms with Crippen molar-refractivity contribution in [3.63, 3.8) is 0 Å². The molecule has 2 nitrogen and oxygen atoms in total. The van der Waals surface area contributed by atoms with Crippen LogP contribution in [0.4, 0.5) is 0 Å². The zero-order chi connectivity index (χ0) is 7.86. The Labute approximate surface area is 67.9 Å². The summed E-state index contributed by atoms with van der Waals surface area (Å²) < 4.78 is 0. The first kappa shape index (κ1) is 12.0. The molecule has 0 heterocycles. The van der Waals surface area contributed by atoms with Gasteiger partial charge in [0.1, 0.15) is 0 Å². The minimum Gasteiger partial charge on any atom is -0.271 e. The maximum atomic E-state index is 9.43. The van der Waals surface area contributed by atoms with Crippen LogP contribution in [0.1, 0.15) is 0 Å². The van der Waals surface area contributed by atoms with Crippen LogP contribution < -0.4 is 0 Å². The number of thioether (sulfide) groups is 1. The number of carbonyl (C=O) groups is 2. The van der Waals surface area contributed by atoms with Crippen LogP contribution in [0.2, 0.25) is 0 Å². The van der Waals surface area contributed by atoms with Crippen molar-refractivity contribution in [2.24, 2.45) is 0 Å². The third-order valence-corrected chi connectivity index (χ3v) is 0.595. The van der Waals surface area contributed by atoms with Crippen molar-refractivity contribution < 1.29 is 9.59 Å². The van der Waals surface area contributed by atoms with Crippen LogP contribution >= 0.6 is 35.0 Å². The average molecular weight is 189 g/mol. The minimum atomic E-state index is -1.14. The monoisotopic (exact) mass is 188 g/mol. The number of hydrogen-bond donors (Lipinski definition) is 0. The molecule has 0 atom stereocenters. The summed E-state index contributed by atoms with van der Waals surface area (Å²) >= 11 is 10.7. The number of carbonyl (C=O) groups excluding carboxylic acids is 2. The van der Waals surface area contributed by atoms with Gasteiger partial charge in [0.15, 0.2) is 0 Å². The quantitative estimate of drug-likeness (QED) is 0.463. The second kappa shape index (κ2) is 8.27. The molecular formula is C4H6Cl2O2S. The lowest BCUT2D eigenvalue weighted by Crippen LogP contribution is -1.94. The van der Waals surface area contributed by atoms with Crippen LogP contribution in [0.5, 0.6) is 0 Å². The molecular weight excluding hydrogens is 183 g/mol. The summed E-state index contributed by atoms with van der Waals surface area (Å²) in [7, 11) is 0. The predicted octanol–water partition coefficient (Wildman–Crippen LogP) is 1.50. The van der Waals surface area contributed by atoms with Gasteiger partial charge in [0.05, 0.1) is 0 Å².